The van der Waals surface area contributed by atoms with Crippen LogP contribution in [0.5, 0.6) is 0 Å². The maximum absolute atomic E-state index is 12.6. The quantitative estimate of drug-likeness (QED) is 0.258. The van der Waals surface area contributed by atoms with E-state index in [0.29, 0.717) is 27.3 Å². The predicted molar refractivity (Wildman–Crippen MR) is 111 cm³/mol. The number of Topliss-reactive ketones (excluding diaryl/α,β-unsaturated/α-hetero) is 1. The van der Waals surface area contributed by atoms with E-state index in [9.17, 15) is 9.59 Å². The summed E-state index contributed by atoms with van der Waals surface area (Å²) in [5.74, 6) is -0.324. The monoisotopic (exact) mass is 402 g/mol. The van der Waals surface area contributed by atoms with Crippen LogP contribution in [-0.4, -0.2) is 31.3 Å². The zero-order valence-electron chi connectivity index (χ0n) is 15.3. The molecular formula is C21H14N4O3S. The van der Waals surface area contributed by atoms with Crippen LogP contribution in [0.2, 0.25) is 0 Å². The molecule has 5 rings (SSSR count). The van der Waals surface area contributed by atoms with E-state index in [1.165, 1.54) is 0 Å². The lowest BCUT2D eigenvalue weighted by Gasteiger charge is -2.02. The van der Waals surface area contributed by atoms with E-state index in [1.807, 2.05) is 41.9 Å². The number of rotatable bonds is 4. The first-order valence-electron chi connectivity index (χ1n) is 8.88. The molecule has 29 heavy (non-hydrogen) atoms. The van der Waals surface area contributed by atoms with Crippen molar-refractivity contribution in [1.82, 2.24) is 19.7 Å². The molecule has 0 aliphatic rings. The number of aromatic nitrogens is 4. The van der Waals surface area contributed by atoms with Gasteiger partial charge < -0.3 is 8.98 Å². The maximum Gasteiger partial charge on any atom is 0.347 e. The molecule has 0 radical (unpaired) electrons. The van der Waals surface area contributed by atoms with Crippen LogP contribution < -0.4 is 5.63 Å². The minimum atomic E-state index is -0.641. The highest BCUT2D eigenvalue weighted by Crippen LogP contribution is 2.26. The van der Waals surface area contributed by atoms with Crippen LogP contribution in [-0.2, 0) is 7.05 Å². The maximum atomic E-state index is 12.6. The Hall–Kier alpha value is -3.52. The predicted octanol–water partition coefficient (Wildman–Crippen LogP) is 3.60. The van der Waals surface area contributed by atoms with Crippen molar-refractivity contribution in [2.75, 3.05) is 5.75 Å². The number of aryl methyl sites for hydroxylation is 1. The molecule has 142 valence electrons. The largest absolute Gasteiger partial charge is 0.422 e. The van der Waals surface area contributed by atoms with Crippen LogP contribution in [0.3, 0.4) is 0 Å². The van der Waals surface area contributed by atoms with E-state index >= 15 is 0 Å². The number of benzene rings is 2. The number of hydrogen-bond donors (Lipinski definition) is 0. The molecule has 0 N–H and O–H groups in total. The molecule has 0 aliphatic carbocycles. The van der Waals surface area contributed by atoms with Gasteiger partial charge in [-0.1, -0.05) is 48.2 Å². The molecule has 0 saturated carbocycles. The number of hydrogen-bond acceptors (Lipinski definition) is 7. The minimum absolute atomic E-state index is 0.0141. The van der Waals surface area contributed by atoms with Gasteiger partial charge in [-0.05, 0) is 18.2 Å². The summed E-state index contributed by atoms with van der Waals surface area (Å²) in [6.07, 6.45) is 0. The molecule has 7 nitrogen and oxygen atoms in total. The van der Waals surface area contributed by atoms with E-state index in [0.717, 1.165) is 22.7 Å². The molecule has 0 fully saturated rings. The Morgan fingerprint density at radius 2 is 1.90 bits per heavy atom. The summed E-state index contributed by atoms with van der Waals surface area (Å²) < 4.78 is 7.19. The molecule has 0 amide bonds. The highest BCUT2D eigenvalue weighted by Gasteiger charge is 2.16. The molecule has 3 aromatic heterocycles. The molecule has 0 saturated heterocycles. The van der Waals surface area contributed by atoms with Crippen LogP contribution in [0.15, 0.2) is 69.0 Å². The molecule has 0 unspecified atom stereocenters. The lowest BCUT2D eigenvalue weighted by atomic mass is 10.1. The molecule has 0 aliphatic heterocycles. The summed E-state index contributed by atoms with van der Waals surface area (Å²) in [6.45, 7) is 0. The van der Waals surface area contributed by atoms with Crippen LogP contribution >= 0.6 is 11.8 Å². The van der Waals surface area contributed by atoms with Crippen molar-refractivity contribution in [3.05, 3.63) is 70.6 Å². The second-order valence-corrected chi connectivity index (χ2v) is 7.48. The average Bonchev–Trinajstić information content (AvgIpc) is 3.03. The summed E-state index contributed by atoms with van der Waals surface area (Å²) in [6, 6.07) is 16.5. The van der Waals surface area contributed by atoms with E-state index in [4.69, 9.17) is 4.42 Å². The standard InChI is InChI=1S/C21H14N4O3S/c1-25-15-8-4-3-7-13(15)18-19(25)22-21(24-23-18)29-11-16(26)14-10-12-6-2-5-9-17(12)28-20(14)27/h2-10H,11H2,1H3. The fraction of sp³-hybridized carbons (Fsp3) is 0.0952. The Morgan fingerprint density at radius 3 is 2.79 bits per heavy atom. The minimum Gasteiger partial charge on any atom is -0.422 e. The Balaban J connectivity index is 1.44. The van der Waals surface area contributed by atoms with Gasteiger partial charge in [0, 0.05) is 17.8 Å². The van der Waals surface area contributed by atoms with Gasteiger partial charge >= 0.3 is 5.63 Å². The first-order valence-corrected chi connectivity index (χ1v) is 9.87. The summed E-state index contributed by atoms with van der Waals surface area (Å²) in [7, 11) is 1.92. The highest BCUT2D eigenvalue weighted by molar-refractivity contribution is 7.99. The highest BCUT2D eigenvalue weighted by atomic mass is 32.2. The molecule has 5 aromatic rings. The summed E-state index contributed by atoms with van der Waals surface area (Å²) in [5, 5.41) is 10.5. The second-order valence-electron chi connectivity index (χ2n) is 6.54. The Labute approximate surface area is 168 Å². The van der Waals surface area contributed by atoms with Crippen molar-refractivity contribution in [3.8, 4) is 0 Å². The van der Waals surface area contributed by atoms with E-state index in [2.05, 4.69) is 15.2 Å². The summed E-state index contributed by atoms with van der Waals surface area (Å²) in [5.41, 5.74) is 2.26. The Kier molecular flexibility index (Phi) is 4.13. The number of carbonyl (C=O) groups is 1. The van der Waals surface area contributed by atoms with Crippen LogP contribution in [0.4, 0.5) is 0 Å². The molecular weight excluding hydrogens is 388 g/mol. The van der Waals surface area contributed by atoms with Gasteiger partial charge in [0.1, 0.15) is 16.7 Å². The van der Waals surface area contributed by atoms with Gasteiger partial charge in [0.2, 0.25) is 5.16 Å². The Morgan fingerprint density at radius 1 is 1.10 bits per heavy atom. The zero-order valence-corrected chi connectivity index (χ0v) is 16.1. The molecule has 2 aromatic carbocycles. The smallest absolute Gasteiger partial charge is 0.347 e. The topological polar surface area (TPSA) is 90.9 Å². The third-order valence-corrected chi connectivity index (χ3v) is 5.60. The lowest BCUT2D eigenvalue weighted by molar-refractivity contribution is 0.101. The van der Waals surface area contributed by atoms with Crippen LogP contribution in [0.25, 0.3) is 33.0 Å². The number of para-hydroxylation sites is 2. The number of ketones is 1. The average molecular weight is 402 g/mol. The first kappa shape index (κ1) is 17.6. The molecule has 0 atom stereocenters. The van der Waals surface area contributed by atoms with Crippen molar-refractivity contribution in [3.63, 3.8) is 0 Å². The van der Waals surface area contributed by atoms with Gasteiger partial charge in [-0.3, -0.25) is 4.79 Å². The number of nitrogens with zero attached hydrogens (tertiary/aromatic N) is 4. The second kappa shape index (κ2) is 6.82. The van der Waals surface area contributed by atoms with Gasteiger partial charge in [0.25, 0.3) is 0 Å². The van der Waals surface area contributed by atoms with Crippen molar-refractivity contribution in [1.29, 1.82) is 0 Å². The van der Waals surface area contributed by atoms with Crippen molar-refractivity contribution >= 4 is 50.6 Å². The van der Waals surface area contributed by atoms with Gasteiger partial charge in [-0.2, -0.15) is 0 Å². The van der Waals surface area contributed by atoms with E-state index in [-0.39, 0.29) is 17.1 Å². The number of carbonyl (C=O) groups excluding carboxylic acids is 1. The molecule has 3 heterocycles. The van der Waals surface area contributed by atoms with Crippen molar-refractivity contribution in [2.45, 2.75) is 5.16 Å². The van der Waals surface area contributed by atoms with Crippen LogP contribution in [0.1, 0.15) is 10.4 Å². The first-order chi connectivity index (χ1) is 14.1. The van der Waals surface area contributed by atoms with E-state index in [1.54, 1.807) is 24.3 Å². The van der Waals surface area contributed by atoms with Gasteiger partial charge in [-0.25, -0.2) is 9.78 Å². The molecule has 0 spiro atoms. The van der Waals surface area contributed by atoms with Crippen LogP contribution in [0, 0.1) is 0 Å². The van der Waals surface area contributed by atoms with Gasteiger partial charge in [0.05, 0.1) is 11.3 Å². The van der Waals surface area contributed by atoms with E-state index < -0.39 is 5.63 Å². The SMILES string of the molecule is Cn1c2ccccc2c2nnc(SCC(=O)c3cc4ccccc4oc3=O)nc21. The normalized spacial score (nSPS) is 11.5. The third-order valence-electron chi connectivity index (χ3n) is 4.76. The number of fused-ring (bicyclic) bond motifs is 4. The number of thioether (sulfide) groups is 1. The molecule has 8 heteroatoms. The molecule has 0 bridgehead atoms. The lowest BCUT2D eigenvalue weighted by Crippen LogP contribution is -2.15. The zero-order chi connectivity index (χ0) is 20.0. The Bertz CT molecular complexity index is 1470. The third kappa shape index (κ3) is 2.98. The van der Waals surface area contributed by atoms with Crippen molar-refractivity contribution in [2.24, 2.45) is 7.05 Å². The summed E-state index contributed by atoms with van der Waals surface area (Å²) >= 11 is 1.14. The van der Waals surface area contributed by atoms with Gasteiger partial charge in [0.15, 0.2) is 11.4 Å². The summed E-state index contributed by atoms with van der Waals surface area (Å²) in [4.78, 5) is 29.3. The van der Waals surface area contributed by atoms with Gasteiger partial charge in [-0.15, -0.1) is 10.2 Å². The fourth-order valence-electron chi connectivity index (χ4n) is 3.32. The fourth-order valence-corrected chi connectivity index (χ4v) is 3.98. The van der Waals surface area contributed by atoms with Crippen molar-refractivity contribution < 1.29 is 9.21 Å².